The predicted molar refractivity (Wildman–Crippen MR) is 98.3 cm³/mol. The number of thioether (sulfide) groups is 1. The molecule has 0 aliphatic carbocycles. The fourth-order valence-corrected chi connectivity index (χ4v) is 3.88. The Kier molecular flexibility index (Phi) is 6.79. The third-order valence-corrected chi connectivity index (χ3v) is 6.17. The van der Waals surface area contributed by atoms with E-state index in [1.165, 1.54) is 7.05 Å². The first kappa shape index (κ1) is 21.5. The Morgan fingerprint density at radius 1 is 1.15 bits per heavy atom. The molecule has 5 nitrogen and oxygen atoms in total. The van der Waals surface area contributed by atoms with Crippen LogP contribution < -0.4 is 5.32 Å². The fourth-order valence-electron chi connectivity index (χ4n) is 2.03. The number of nitrogens with zero attached hydrogens (tertiary/aromatic N) is 1. The van der Waals surface area contributed by atoms with Crippen LogP contribution in [0.1, 0.15) is 0 Å². The summed E-state index contributed by atoms with van der Waals surface area (Å²) in [4.78, 5) is 11.7. The van der Waals surface area contributed by atoms with Crippen LogP contribution in [0.5, 0.6) is 0 Å². The number of para-hydroxylation sites is 1. The second kappa shape index (κ2) is 8.51. The first-order chi connectivity index (χ1) is 12.5. The summed E-state index contributed by atoms with van der Waals surface area (Å²) in [7, 11) is -2.85. The molecule has 1 amide bonds. The lowest BCUT2D eigenvalue weighted by atomic mass is 10.3. The van der Waals surface area contributed by atoms with E-state index in [1.54, 1.807) is 24.3 Å². The highest BCUT2D eigenvalue weighted by atomic mass is 35.5. The maximum atomic E-state index is 12.5. The van der Waals surface area contributed by atoms with Gasteiger partial charge in [-0.25, -0.2) is 8.42 Å². The molecule has 0 aromatic heterocycles. The van der Waals surface area contributed by atoms with E-state index in [0.717, 1.165) is 28.6 Å². The van der Waals surface area contributed by atoms with Crippen molar-refractivity contribution in [1.29, 1.82) is 0 Å². The van der Waals surface area contributed by atoms with E-state index < -0.39 is 28.0 Å². The van der Waals surface area contributed by atoms with Crippen LogP contribution in [0.15, 0.2) is 58.3 Å². The average Bonchev–Trinajstić information content (AvgIpc) is 2.56. The Hall–Kier alpha value is -1.75. The molecule has 27 heavy (non-hydrogen) atoms. The molecule has 0 bridgehead atoms. The van der Waals surface area contributed by atoms with Gasteiger partial charge in [0.05, 0.1) is 22.2 Å². The van der Waals surface area contributed by atoms with Gasteiger partial charge < -0.3 is 5.32 Å². The van der Waals surface area contributed by atoms with Gasteiger partial charge in [-0.05, 0) is 48.2 Å². The lowest BCUT2D eigenvalue weighted by Crippen LogP contribution is -2.35. The molecule has 0 heterocycles. The molecule has 0 atom stereocenters. The molecule has 0 spiro atoms. The Balaban J connectivity index is 2.07. The fraction of sp³-hybridized carbons (Fsp3) is 0.188. The minimum absolute atomic E-state index is 0.138. The van der Waals surface area contributed by atoms with Crippen molar-refractivity contribution in [3.63, 3.8) is 0 Å². The number of carbonyl (C=O) groups is 1. The minimum Gasteiger partial charge on any atom is -0.324 e. The molecule has 2 rings (SSSR count). The Bertz CT molecular complexity index is 919. The number of halogens is 4. The number of likely N-dealkylation sites (N-methyl/N-ethyl adjacent to an activating group) is 1. The summed E-state index contributed by atoms with van der Waals surface area (Å²) in [6.45, 7) is -0.493. The number of amides is 1. The van der Waals surface area contributed by atoms with Crippen molar-refractivity contribution >= 4 is 45.0 Å². The number of hydrogen-bond donors (Lipinski definition) is 1. The number of nitrogens with one attached hydrogen (secondary N) is 1. The van der Waals surface area contributed by atoms with Crippen LogP contribution in [0.2, 0.25) is 5.02 Å². The largest absolute Gasteiger partial charge is 0.446 e. The Morgan fingerprint density at radius 3 is 2.30 bits per heavy atom. The van der Waals surface area contributed by atoms with E-state index in [2.05, 4.69) is 5.32 Å². The topological polar surface area (TPSA) is 66.5 Å². The number of carbonyl (C=O) groups excluding carboxylic acids is 1. The van der Waals surface area contributed by atoms with Gasteiger partial charge in [-0.3, -0.25) is 4.79 Å². The van der Waals surface area contributed by atoms with Crippen molar-refractivity contribution in [3.05, 3.63) is 53.6 Å². The summed E-state index contributed by atoms with van der Waals surface area (Å²) in [6, 6.07) is 10.7. The zero-order valence-electron chi connectivity index (χ0n) is 13.8. The molecule has 0 fully saturated rings. The predicted octanol–water partition coefficient (Wildman–Crippen LogP) is 4.21. The summed E-state index contributed by atoms with van der Waals surface area (Å²) in [5, 5.41) is 2.79. The molecule has 146 valence electrons. The van der Waals surface area contributed by atoms with E-state index in [9.17, 15) is 26.4 Å². The number of rotatable bonds is 6. The number of sulfonamides is 1. The van der Waals surface area contributed by atoms with E-state index >= 15 is 0 Å². The Labute approximate surface area is 163 Å². The maximum absolute atomic E-state index is 12.5. The minimum atomic E-state index is -4.46. The van der Waals surface area contributed by atoms with Gasteiger partial charge in [0.25, 0.3) is 0 Å². The van der Waals surface area contributed by atoms with Gasteiger partial charge in [0.1, 0.15) is 0 Å². The van der Waals surface area contributed by atoms with Crippen LogP contribution in [0.3, 0.4) is 0 Å². The molecule has 0 saturated carbocycles. The summed E-state index contributed by atoms with van der Waals surface area (Å²) < 4.78 is 62.8. The number of anilines is 1. The number of hydrogen-bond acceptors (Lipinski definition) is 4. The van der Waals surface area contributed by atoms with Crippen molar-refractivity contribution in [2.45, 2.75) is 15.3 Å². The molecule has 11 heteroatoms. The van der Waals surface area contributed by atoms with Crippen LogP contribution in [0, 0.1) is 0 Å². The molecule has 0 radical (unpaired) electrons. The summed E-state index contributed by atoms with van der Waals surface area (Å²) >= 11 is 5.58. The van der Waals surface area contributed by atoms with Gasteiger partial charge >= 0.3 is 5.51 Å². The monoisotopic (exact) mass is 438 g/mol. The molecule has 2 aromatic carbocycles. The van der Waals surface area contributed by atoms with Gasteiger partial charge in [0.15, 0.2) is 0 Å². The number of alkyl halides is 3. The lowest BCUT2D eigenvalue weighted by Gasteiger charge is -2.17. The highest BCUT2D eigenvalue weighted by Gasteiger charge is 2.29. The maximum Gasteiger partial charge on any atom is 0.446 e. The van der Waals surface area contributed by atoms with Crippen molar-refractivity contribution in [2.24, 2.45) is 0 Å². The van der Waals surface area contributed by atoms with E-state index in [-0.39, 0.29) is 21.6 Å². The van der Waals surface area contributed by atoms with E-state index in [0.29, 0.717) is 10.7 Å². The summed E-state index contributed by atoms with van der Waals surface area (Å²) in [6.07, 6.45) is 0. The summed E-state index contributed by atoms with van der Waals surface area (Å²) in [5.41, 5.74) is -4.13. The van der Waals surface area contributed by atoms with Gasteiger partial charge in [-0.1, -0.05) is 23.7 Å². The van der Waals surface area contributed by atoms with Crippen molar-refractivity contribution in [2.75, 3.05) is 18.9 Å². The van der Waals surface area contributed by atoms with Crippen LogP contribution >= 0.6 is 23.4 Å². The van der Waals surface area contributed by atoms with Gasteiger partial charge in [-0.15, -0.1) is 0 Å². The highest BCUT2D eigenvalue weighted by Crippen LogP contribution is 2.37. The molecule has 0 saturated heterocycles. The third kappa shape index (κ3) is 6.13. The zero-order valence-corrected chi connectivity index (χ0v) is 16.2. The summed E-state index contributed by atoms with van der Waals surface area (Å²) in [5.74, 6) is -0.613. The molecular weight excluding hydrogens is 425 g/mol. The number of benzene rings is 2. The second-order valence-corrected chi connectivity index (χ2v) is 8.90. The van der Waals surface area contributed by atoms with Crippen LogP contribution in [-0.4, -0.2) is 37.7 Å². The van der Waals surface area contributed by atoms with Crippen LogP contribution in [-0.2, 0) is 14.8 Å². The van der Waals surface area contributed by atoms with Gasteiger partial charge in [-0.2, -0.15) is 17.5 Å². The van der Waals surface area contributed by atoms with E-state index in [4.69, 9.17) is 11.6 Å². The normalized spacial score (nSPS) is 12.2. The molecule has 0 aliphatic heterocycles. The first-order valence-electron chi connectivity index (χ1n) is 7.35. The quantitative estimate of drug-likeness (QED) is 0.686. The average molecular weight is 439 g/mol. The van der Waals surface area contributed by atoms with Gasteiger partial charge in [0, 0.05) is 11.9 Å². The van der Waals surface area contributed by atoms with Crippen LogP contribution in [0.25, 0.3) is 0 Å². The first-order valence-corrected chi connectivity index (χ1v) is 9.99. The van der Waals surface area contributed by atoms with E-state index in [1.807, 2.05) is 0 Å². The standard InChI is InChI=1S/C16H14ClF3N2O3S2/c1-22(10-15(23)21-14-5-3-2-4-13(14)17)27(24,25)12-8-6-11(7-9-12)26-16(18,19)20/h2-9H,10H2,1H3,(H,21,23). The third-order valence-electron chi connectivity index (χ3n) is 3.28. The van der Waals surface area contributed by atoms with Crippen molar-refractivity contribution in [3.8, 4) is 0 Å². The SMILES string of the molecule is CN(CC(=O)Nc1ccccc1Cl)S(=O)(=O)c1ccc(SC(F)(F)F)cc1. The molecule has 0 aliphatic rings. The zero-order chi connectivity index (χ0) is 20.2. The van der Waals surface area contributed by atoms with Crippen molar-refractivity contribution < 1.29 is 26.4 Å². The second-order valence-electron chi connectivity index (χ2n) is 5.31. The molecule has 2 aromatic rings. The highest BCUT2D eigenvalue weighted by molar-refractivity contribution is 8.00. The van der Waals surface area contributed by atoms with Crippen LogP contribution in [0.4, 0.5) is 18.9 Å². The van der Waals surface area contributed by atoms with Crippen molar-refractivity contribution in [1.82, 2.24) is 4.31 Å². The molecule has 0 unspecified atom stereocenters. The molecular formula is C16H14ClF3N2O3S2. The Morgan fingerprint density at radius 2 is 1.74 bits per heavy atom. The van der Waals surface area contributed by atoms with Gasteiger partial charge in [0.2, 0.25) is 15.9 Å². The smallest absolute Gasteiger partial charge is 0.324 e. The molecule has 1 N–H and O–H groups in total. The lowest BCUT2D eigenvalue weighted by molar-refractivity contribution is -0.116.